The van der Waals surface area contributed by atoms with E-state index in [0.29, 0.717) is 17.3 Å². The fraction of sp³-hybridized carbons (Fsp3) is 1.00. The smallest absolute Gasteiger partial charge is 0.0706 e. The maximum absolute atomic E-state index is 11.7. The Kier molecular flexibility index (Phi) is 4.75. The van der Waals surface area contributed by atoms with E-state index in [-0.39, 0.29) is 5.60 Å². The normalized spacial score (nSPS) is 50.9. The fourth-order valence-electron chi connectivity index (χ4n) is 7.98. The summed E-state index contributed by atoms with van der Waals surface area (Å²) in [7, 11) is 0. The van der Waals surface area contributed by atoms with Crippen LogP contribution in [0.5, 0.6) is 0 Å². The second kappa shape index (κ2) is 6.58. The minimum Gasteiger partial charge on any atom is -0.389 e. The molecule has 138 valence electrons. The number of unbranched alkanes of at least 4 members (excludes halogenated alkanes) is 1. The number of nitrogens with two attached hydrogens (primary N) is 1. The van der Waals surface area contributed by atoms with Gasteiger partial charge in [-0.1, -0.05) is 26.2 Å². The highest BCUT2D eigenvalue weighted by molar-refractivity contribution is 5.10. The summed E-state index contributed by atoms with van der Waals surface area (Å²) in [5.41, 5.74) is 5.95. The third kappa shape index (κ3) is 2.58. The second-order valence-electron chi connectivity index (χ2n) is 9.99. The molecule has 0 aliphatic heterocycles. The predicted octanol–water partition coefficient (Wildman–Crippen LogP) is 4.89. The van der Waals surface area contributed by atoms with E-state index in [4.69, 9.17) is 5.73 Å². The Balaban J connectivity index is 1.51. The Morgan fingerprint density at radius 1 is 0.917 bits per heavy atom. The molecule has 7 atom stereocenters. The molecule has 4 saturated carbocycles. The predicted molar refractivity (Wildman–Crippen MR) is 99.6 cm³/mol. The topological polar surface area (TPSA) is 46.2 Å². The van der Waals surface area contributed by atoms with Crippen molar-refractivity contribution in [1.82, 2.24) is 0 Å². The van der Waals surface area contributed by atoms with Gasteiger partial charge in [0.05, 0.1) is 5.60 Å². The molecule has 0 spiro atoms. The first-order valence-electron chi connectivity index (χ1n) is 11.0. The van der Waals surface area contributed by atoms with Crippen molar-refractivity contribution >= 4 is 0 Å². The summed E-state index contributed by atoms with van der Waals surface area (Å²) in [6.07, 6.45) is 17.2. The van der Waals surface area contributed by atoms with Crippen molar-refractivity contribution in [1.29, 1.82) is 0 Å². The van der Waals surface area contributed by atoms with Gasteiger partial charge in [0.15, 0.2) is 0 Å². The van der Waals surface area contributed by atoms with Gasteiger partial charge in [0, 0.05) is 0 Å². The zero-order valence-electron chi connectivity index (χ0n) is 15.8. The molecule has 7 unspecified atom stereocenters. The summed E-state index contributed by atoms with van der Waals surface area (Å²) in [5, 5.41) is 11.7. The zero-order chi connectivity index (χ0) is 16.8. The Morgan fingerprint density at radius 3 is 2.62 bits per heavy atom. The molecule has 0 radical (unpaired) electrons. The maximum atomic E-state index is 11.7. The van der Waals surface area contributed by atoms with Crippen LogP contribution >= 0.6 is 0 Å². The van der Waals surface area contributed by atoms with Crippen molar-refractivity contribution in [2.75, 3.05) is 6.54 Å². The first-order chi connectivity index (χ1) is 11.6. The van der Waals surface area contributed by atoms with Crippen molar-refractivity contribution in [3.05, 3.63) is 0 Å². The lowest BCUT2D eigenvalue weighted by Gasteiger charge is -2.60. The molecular formula is C22H39NO. The average Bonchev–Trinajstić information content (AvgIpc) is 2.91. The van der Waals surface area contributed by atoms with Crippen molar-refractivity contribution < 1.29 is 5.11 Å². The van der Waals surface area contributed by atoms with Crippen LogP contribution in [0.2, 0.25) is 0 Å². The van der Waals surface area contributed by atoms with Crippen LogP contribution in [0.3, 0.4) is 0 Å². The molecule has 4 aliphatic rings. The molecule has 0 amide bonds. The highest BCUT2D eigenvalue weighted by Crippen LogP contribution is 2.65. The summed E-state index contributed by atoms with van der Waals surface area (Å²) < 4.78 is 0. The largest absolute Gasteiger partial charge is 0.389 e. The first kappa shape index (κ1) is 17.3. The highest BCUT2D eigenvalue weighted by Gasteiger charge is 2.60. The highest BCUT2D eigenvalue weighted by atomic mass is 16.3. The monoisotopic (exact) mass is 333 g/mol. The van der Waals surface area contributed by atoms with Gasteiger partial charge < -0.3 is 10.8 Å². The van der Waals surface area contributed by atoms with Gasteiger partial charge >= 0.3 is 0 Å². The Hall–Kier alpha value is -0.0800. The van der Waals surface area contributed by atoms with E-state index in [1.807, 2.05) is 0 Å². The molecule has 3 N–H and O–H groups in total. The van der Waals surface area contributed by atoms with E-state index in [1.54, 1.807) is 0 Å². The van der Waals surface area contributed by atoms with Crippen LogP contribution in [-0.4, -0.2) is 17.3 Å². The molecule has 0 bridgehead atoms. The zero-order valence-corrected chi connectivity index (χ0v) is 15.8. The number of aliphatic hydroxyl groups is 1. The van der Waals surface area contributed by atoms with Crippen molar-refractivity contribution in [2.45, 2.75) is 96.0 Å². The van der Waals surface area contributed by atoms with Crippen LogP contribution in [0.15, 0.2) is 0 Å². The van der Waals surface area contributed by atoms with E-state index in [1.165, 1.54) is 70.6 Å². The molecule has 2 nitrogen and oxygen atoms in total. The van der Waals surface area contributed by atoms with Crippen molar-refractivity contribution in [3.8, 4) is 0 Å². The molecule has 0 saturated heterocycles. The van der Waals surface area contributed by atoms with Crippen LogP contribution in [0, 0.1) is 35.0 Å². The molecule has 4 fully saturated rings. The number of rotatable bonds is 4. The van der Waals surface area contributed by atoms with Gasteiger partial charge in [-0.2, -0.15) is 0 Å². The van der Waals surface area contributed by atoms with E-state index in [9.17, 15) is 5.11 Å². The summed E-state index contributed by atoms with van der Waals surface area (Å²) >= 11 is 0. The minimum absolute atomic E-state index is 0.326. The van der Waals surface area contributed by atoms with Gasteiger partial charge in [-0.3, -0.25) is 0 Å². The number of fused-ring (bicyclic) bond motifs is 5. The molecule has 2 heteroatoms. The van der Waals surface area contributed by atoms with E-state index in [0.717, 1.165) is 37.1 Å². The number of hydrogen-bond acceptors (Lipinski definition) is 2. The Morgan fingerprint density at radius 2 is 1.79 bits per heavy atom. The van der Waals surface area contributed by atoms with Crippen LogP contribution in [0.25, 0.3) is 0 Å². The van der Waals surface area contributed by atoms with Gasteiger partial charge in [-0.15, -0.1) is 0 Å². The van der Waals surface area contributed by atoms with Crippen LogP contribution in [0.1, 0.15) is 90.4 Å². The molecule has 0 heterocycles. The standard InChI is InChI=1S/C22H39NO/c1-21-13-4-2-6-16(21)8-10-18-19(21)12-14-22(24)17(7-3-5-15-23)9-11-20(18)22/h16-20,24H,2-15,23H2,1H3. The summed E-state index contributed by atoms with van der Waals surface area (Å²) in [6, 6.07) is 0. The van der Waals surface area contributed by atoms with Gasteiger partial charge in [0.1, 0.15) is 0 Å². The molecule has 24 heavy (non-hydrogen) atoms. The van der Waals surface area contributed by atoms with Gasteiger partial charge in [-0.25, -0.2) is 0 Å². The van der Waals surface area contributed by atoms with E-state index in [2.05, 4.69) is 6.92 Å². The minimum atomic E-state index is -0.326. The van der Waals surface area contributed by atoms with Crippen LogP contribution in [-0.2, 0) is 0 Å². The van der Waals surface area contributed by atoms with Crippen LogP contribution < -0.4 is 5.73 Å². The summed E-state index contributed by atoms with van der Waals surface area (Å²) in [5.74, 6) is 3.89. The van der Waals surface area contributed by atoms with Crippen LogP contribution in [0.4, 0.5) is 0 Å². The molecule has 0 aromatic rings. The van der Waals surface area contributed by atoms with Gasteiger partial charge in [-0.05, 0) is 106 Å². The maximum Gasteiger partial charge on any atom is 0.0706 e. The first-order valence-corrected chi connectivity index (χ1v) is 11.0. The molecule has 4 aliphatic carbocycles. The molecular weight excluding hydrogens is 294 g/mol. The summed E-state index contributed by atoms with van der Waals surface area (Å²) in [4.78, 5) is 0. The SMILES string of the molecule is CC12CCCCC1CCC1C2CCC2(O)C(CCCCN)CCC12. The van der Waals surface area contributed by atoms with Gasteiger partial charge in [0.25, 0.3) is 0 Å². The van der Waals surface area contributed by atoms with E-state index < -0.39 is 0 Å². The van der Waals surface area contributed by atoms with Crippen molar-refractivity contribution in [3.63, 3.8) is 0 Å². The third-order valence-corrected chi connectivity index (χ3v) is 9.22. The quantitative estimate of drug-likeness (QED) is 0.720. The Labute approximate surface area is 149 Å². The third-order valence-electron chi connectivity index (χ3n) is 9.22. The molecule has 0 aromatic heterocycles. The lowest BCUT2D eigenvalue weighted by Crippen LogP contribution is -2.56. The summed E-state index contributed by atoms with van der Waals surface area (Å²) in [6.45, 7) is 3.44. The van der Waals surface area contributed by atoms with Gasteiger partial charge in [0.2, 0.25) is 0 Å². The number of hydrogen-bond donors (Lipinski definition) is 2. The van der Waals surface area contributed by atoms with Crippen molar-refractivity contribution in [2.24, 2.45) is 40.7 Å². The lowest BCUT2D eigenvalue weighted by atomic mass is 9.46. The fourth-order valence-corrected chi connectivity index (χ4v) is 7.98. The molecule has 0 aromatic carbocycles. The Bertz CT molecular complexity index is 451. The average molecular weight is 334 g/mol. The van der Waals surface area contributed by atoms with E-state index >= 15 is 0 Å². The second-order valence-corrected chi connectivity index (χ2v) is 9.99. The molecule has 4 rings (SSSR count). The lowest BCUT2D eigenvalue weighted by molar-refractivity contribution is -0.155.